The molecule has 4 nitrogen and oxygen atoms in total. The van der Waals surface area contributed by atoms with E-state index in [2.05, 4.69) is 9.97 Å². The Morgan fingerprint density at radius 1 is 1.12 bits per heavy atom. The van der Waals surface area contributed by atoms with Gasteiger partial charge in [0.1, 0.15) is 11.5 Å². The lowest BCUT2D eigenvalue weighted by Gasteiger charge is -2.21. The molecule has 1 amide bonds. The number of para-hydroxylation sites is 2. The van der Waals surface area contributed by atoms with Crippen molar-refractivity contribution in [1.82, 2.24) is 14.9 Å². The summed E-state index contributed by atoms with van der Waals surface area (Å²) >= 11 is 0. The highest BCUT2D eigenvalue weighted by Gasteiger charge is 2.34. The Kier molecular flexibility index (Phi) is 3.92. The van der Waals surface area contributed by atoms with Crippen molar-refractivity contribution in [2.75, 3.05) is 6.54 Å². The maximum Gasteiger partial charge on any atom is 0.274 e. The zero-order valence-corrected chi connectivity index (χ0v) is 13.9. The fourth-order valence-electron chi connectivity index (χ4n) is 3.50. The predicted molar refractivity (Wildman–Crippen MR) is 93.8 cm³/mol. The van der Waals surface area contributed by atoms with Crippen molar-refractivity contribution in [3.05, 3.63) is 71.8 Å². The van der Waals surface area contributed by atoms with Gasteiger partial charge in [0.2, 0.25) is 0 Å². The van der Waals surface area contributed by atoms with E-state index in [1.165, 1.54) is 12.1 Å². The molecule has 1 aromatic heterocycles. The number of carbonyl (C=O) groups excluding carboxylic acids is 1. The number of benzene rings is 2. The first kappa shape index (κ1) is 15.7. The Morgan fingerprint density at radius 2 is 1.84 bits per heavy atom. The average Bonchev–Trinajstić information content (AvgIpc) is 3.03. The van der Waals surface area contributed by atoms with Crippen LogP contribution in [-0.4, -0.2) is 33.4 Å². The maximum atomic E-state index is 13.1. The molecule has 0 spiro atoms. The van der Waals surface area contributed by atoms with E-state index in [-0.39, 0.29) is 23.7 Å². The summed E-state index contributed by atoms with van der Waals surface area (Å²) in [6.45, 7) is 2.65. The number of hydrogen-bond acceptors (Lipinski definition) is 3. The van der Waals surface area contributed by atoms with E-state index in [0.717, 1.165) is 23.0 Å². The third kappa shape index (κ3) is 2.97. The van der Waals surface area contributed by atoms with Gasteiger partial charge in [-0.05, 0) is 43.2 Å². The SMILES string of the molecule is CC1CC(c2ccc(F)cc2)CN1C(=O)c1cnc2ccccc2n1. The monoisotopic (exact) mass is 335 g/mol. The van der Waals surface area contributed by atoms with E-state index in [0.29, 0.717) is 12.2 Å². The van der Waals surface area contributed by atoms with Crippen LogP contribution in [0.3, 0.4) is 0 Å². The summed E-state index contributed by atoms with van der Waals surface area (Å²) in [6.07, 6.45) is 2.40. The summed E-state index contributed by atoms with van der Waals surface area (Å²) in [4.78, 5) is 23.5. The van der Waals surface area contributed by atoms with Crippen molar-refractivity contribution in [1.29, 1.82) is 0 Å². The first-order chi connectivity index (χ1) is 12.1. The topological polar surface area (TPSA) is 46.1 Å². The number of fused-ring (bicyclic) bond motifs is 1. The van der Waals surface area contributed by atoms with Crippen LogP contribution < -0.4 is 0 Å². The van der Waals surface area contributed by atoms with Gasteiger partial charge < -0.3 is 4.90 Å². The fraction of sp³-hybridized carbons (Fsp3) is 0.250. The van der Waals surface area contributed by atoms with Gasteiger partial charge in [-0.25, -0.2) is 9.37 Å². The molecule has 126 valence electrons. The van der Waals surface area contributed by atoms with Crippen LogP contribution in [0.15, 0.2) is 54.7 Å². The van der Waals surface area contributed by atoms with Crippen LogP contribution in [0.1, 0.15) is 35.3 Å². The summed E-state index contributed by atoms with van der Waals surface area (Å²) in [5.74, 6) is -0.127. The molecule has 1 aliphatic heterocycles. The van der Waals surface area contributed by atoms with Gasteiger partial charge in [0.15, 0.2) is 0 Å². The third-order valence-electron chi connectivity index (χ3n) is 4.84. The molecule has 0 aliphatic carbocycles. The number of halogens is 1. The summed E-state index contributed by atoms with van der Waals surface area (Å²) in [5, 5.41) is 0. The minimum atomic E-state index is -0.242. The van der Waals surface area contributed by atoms with Crippen molar-refractivity contribution < 1.29 is 9.18 Å². The number of nitrogens with zero attached hydrogens (tertiary/aromatic N) is 3. The van der Waals surface area contributed by atoms with Gasteiger partial charge in [0.05, 0.1) is 17.2 Å². The standard InChI is InChI=1S/C20H18FN3O/c1-13-10-15(14-6-8-16(21)9-7-14)12-24(13)20(25)19-11-22-17-4-2-3-5-18(17)23-19/h2-9,11,13,15H,10,12H2,1H3. The molecule has 0 N–H and O–H groups in total. The van der Waals surface area contributed by atoms with Crippen LogP contribution >= 0.6 is 0 Å². The summed E-state index contributed by atoms with van der Waals surface area (Å²) < 4.78 is 13.1. The Hall–Kier alpha value is -2.82. The summed E-state index contributed by atoms with van der Waals surface area (Å²) in [5.41, 5.74) is 2.92. The number of rotatable bonds is 2. The lowest BCUT2D eigenvalue weighted by molar-refractivity contribution is 0.0740. The van der Waals surface area contributed by atoms with Crippen molar-refractivity contribution in [2.45, 2.75) is 25.3 Å². The minimum absolute atomic E-state index is 0.102. The third-order valence-corrected chi connectivity index (χ3v) is 4.84. The average molecular weight is 335 g/mol. The highest BCUT2D eigenvalue weighted by molar-refractivity contribution is 5.94. The Morgan fingerprint density at radius 3 is 2.60 bits per heavy atom. The van der Waals surface area contributed by atoms with Crippen LogP contribution in [0.5, 0.6) is 0 Å². The number of aromatic nitrogens is 2. The number of carbonyl (C=O) groups is 1. The Bertz CT molecular complexity index is 926. The molecular formula is C20H18FN3O. The van der Waals surface area contributed by atoms with Crippen molar-refractivity contribution in [2.24, 2.45) is 0 Å². The van der Waals surface area contributed by atoms with Gasteiger partial charge in [0, 0.05) is 18.5 Å². The lowest BCUT2D eigenvalue weighted by atomic mass is 9.97. The molecule has 5 heteroatoms. The second-order valence-corrected chi connectivity index (χ2v) is 6.53. The fourth-order valence-corrected chi connectivity index (χ4v) is 3.50. The second kappa shape index (κ2) is 6.24. The van der Waals surface area contributed by atoms with Gasteiger partial charge in [-0.3, -0.25) is 9.78 Å². The van der Waals surface area contributed by atoms with E-state index in [1.54, 1.807) is 18.3 Å². The highest BCUT2D eigenvalue weighted by Crippen LogP contribution is 2.32. The van der Waals surface area contributed by atoms with Crippen LogP contribution in [0.4, 0.5) is 4.39 Å². The molecule has 0 saturated carbocycles. The van der Waals surface area contributed by atoms with E-state index in [4.69, 9.17) is 0 Å². The summed E-state index contributed by atoms with van der Waals surface area (Å²) in [7, 11) is 0. The number of likely N-dealkylation sites (tertiary alicyclic amines) is 1. The molecule has 1 saturated heterocycles. The Balaban J connectivity index is 1.57. The van der Waals surface area contributed by atoms with E-state index in [9.17, 15) is 9.18 Å². The molecule has 2 atom stereocenters. The number of hydrogen-bond donors (Lipinski definition) is 0. The van der Waals surface area contributed by atoms with E-state index >= 15 is 0 Å². The first-order valence-electron chi connectivity index (χ1n) is 8.40. The van der Waals surface area contributed by atoms with Crippen LogP contribution in [0, 0.1) is 5.82 Å². The van der Waals surface area contributed by atoms with Crippen molar-refractivity contribution in [3.63, 3.8) is 0 Å². The quantitative estimate of drug-likeness (QED) is 0.716. The molecule has 4 rings (SSSR count). The smallest absolute Gasteiger partial charge is 0.274 e. The molecular weight excluding hydrogens is 317 g/mol. The molecule has 2 heterocycles. The first-order valence-corrected chi connectivity index (χ1v) is 8.40. The van der Waals surface area contributed by atoms with Crippen molar-refractivity contribution in [3.8, 4) is 0 Å². The summed E-state index contributed by atoms with van der Waals surface area (Å²) in [6, 6.07) is 14.2. The molecule has 2 aromatic carbocycles. The molecule has 1 fully saturated rings. The van der Waals surface area contributed by atoms with E-state index < -0.39 is 0 Å². The van der Waals surface area contributed by atoms with Crippen LogP contribution in [0.2, 0.25) is 0 Å². The van der Waals surface area contributed by atoms with Gasteiger partial charge in [-0.1, -0.05) is 24.3 Å². The normalized spacial score (nSPS) is 20.2. The maximum absolute atomic E-state index is 13.1. The van der Waals surface area contributed by atoms with Crippen LogP contribution in [0.25, 0.3) is 11.0 Å². The van der Waals surface area contributed by atoms with Gasteiger partial charge in [-0.2, -0.15) is 0 Å². The van der Waals surface area contributed by atoms with E-state index in [1.807, 2.05) is 36.1 Å². The van der Waals surface area contributed by atoms with Crippen LogP contribution in [-0.2, 0) is 0 Å². The van der Waals surface area contributed by atoms with Gasteiger partial charge in [0.25, 0.3) is 5.91 Å². The zero-order chi connectivity index (χ0) is 17.4. The molecule has 2 unspecified atom stereocenters. The molecule has 0 radical (unpaired) electrons. The van der Waals surface area contributed by atoms with Gasteiger partial charge in [-0.15, -0.1) is 0 Å². The molecule has 3 aromatic rings. The molecule has 25 heavy (non-hydrogen) atoms. The molecule has 1 aliphatic rings. The predicted octanol–water partition coefficient (Wildman–Crippen LogP) is 3.79. The zero-order valence-electron chi connectivity index (χ0n) is 13.9. The van der Waals surface area contributed by atoms with Crippen molar-refractivity contribution >= 4 is 16.9 Å². The second-order valence-electron chi connectivity index (χ2n) is 6.53. The largest absolute Gasteiger partial charge is 0.334 e. The molecule has 0 bridgehead atoms. The number of amides is 1. The minimum Gasteiger partial charge on any atom is -0.334 e. The highest BCUT2D eigenvalue weighted by atomic mass is 19.1. The Labute approximate surface area is 145 Å². The van der Waals surface area contributed by atoms with Gasteiger partial charge >= 0.3 is 0 Å². The lowest BCUT2D eigenvalue weighted by Crippen LogP contribution is -2.34.